The number of piperazine rings is 1. The molecule has 0 aromatic heterocycles. The lowest BCUT2D eigenvalue weighted by molar-refractivity contribution is -0.130. The van der Waals surface area contributed by atoms with Crippen LogP contribution < -0.4 is 15.0 Å². The molecule has 0 aliphatic carbocycles. The number of hydrogen-bond donors (Lipinski definition) is 2. The Kier molecular flexibility index (Phi) is 3.71. The Morgan fingerprint density at radius 3 is 2.47 bits per heavy atom. The second kappa shape index (κ2) is 5.27. The summed E-state index contributed by atoms with van der Waals surface area (Å²) in [6, 6.07) is 5.25. The predicted molar refractivity (Wildman–Crippen MR) is 69.0 cm³/mol. The highest BCUT2D eigenvalue weighted by Crippen LogP contribution is 2.34. The van der Waals surface area contributed by atoms with Crippen LogP contribution in [0.2, 0.25) is 0 Å². The lowest BCUT2D eigenvalue weighted by Crippen LogP contribution is -2.51. The summed E-state index contributed by atoms with van der Waals surface area (Å²) >= 11 is 0. The minimum absolute atomic E-state index is 0.0820. The maximum Gasteiger partial charge on any atom is 0.246 e. The molecule has 1 aliphatic rings. The van der Waals surface area contributed by atoms with E-state index in [-0.39, 0.29) is 24.9 Å². The molecular formula is C13H16N2O4. The van der Waals surface area contributed by atoms with Crippen molar-refractivity contribution < 1.29 is 19.4 Å². The first-order valence-electron chi connectivity index (χ1n) is 5.95. The zero-order valence-corrected chi connectivity index (χ0v) is 10.8. The molecule has 2 N–H and O–H groups in total. The fourth-order valence-corrected chi connectivity index (χ4v) is 2.21. The van der Waals surface area contributed by atoms with Gasteiger partial charge in [-0.25, -0.2) is 0 Å². The van der Waals surface area contributed by atoms with Crippen LogP contribution >= 0.6 is 0 Å². The van der Waals surface area contributed by atoms with E-state index in [0.717, 1.165) is 0 Å². The minimum atomic E-state index is -0.758. The quantitative estimate of drug-likeness (QED) is 0.763. The van der Waals surface area contributed by atoms with Crippen LogP contribution in [0.4, 0.5) is 5.69 Å². The molecule has 19 heavy (non-hydrogen) atoms. The van der Waals surface area contributed by atoms with E-state index in [4.69, 9.17) is 4.74 Å². The van der Waals surface area contributed by atoms with Gasteiger partial charge in [-0.1, -0.05) is 6.07 Å². The third-order valence-corrected chi connectivity index (χ3v) is 2.97. The van der Waals surface area contributed by atoms with Gasteiger partial charge in [0.05, 0.1) is 26.3 Å². The van der Waals surface area contributed by atoms with E-state index in [1.165, 1.54) is 7.11 Å². The topological polar surface area (TPSA) is 78.9 Å². The van der Waals surface area contributed by atoms with Crippen LogP contribution in [0.25, 0.3) is 0 Å². The number of benzene rings is 1. The number of aliphatic hydroxyl groups is 1. The average Bonchev–Trinajstić information content (AvgIpc) is 2.36. The van der Waals surface area contributed by atoms with Crippen molar-refractivity contribution in [1.82, 2.24) is 5.32 Å². The summed E-state index contributed by atoms with van der Waals surface area (Å²) in [5.74, 6) is -0.169. The Morgan fingerprint density at radius 1 is 1.32 bits per heavy atom. The first-order valence-corrected chi connectivity index (χ1v) is 5.95. The Bertz CT molecular complexity index is 497. The molecule has 0 unspecified atom stereocenters. The van der Waals surface area contributed by atoms with E-state index < -0.39 is 6.10 Å². The number of carbonyl (C=O) groups is 2. The summed E-state index contributed by atoms with van der Waals surface area (Å²) in [6.45, 7) is 1.78. The number of methoxy groups -OCH3 is 1. The van der Waals surface area contributed by atoms with Crippen LogP contribution in [0.15, 0.2) is 18.2 Å². The second-order valence-electron chi connectivity index (χ2n) is 4.40. The fraction of sp³-hybridized carbons (Fsp3) is 0.385. The zero-order valence-electron chi connectivity index (χ0n) is 10.8. The summed E-state index contributed by atoms with van der Waals surface area (Å²) in [5.41, 5.74) is 1.21. The summed E-state index contributed by atoms with van der Waals surface area (Å²) in [7, 11) is 1.51. The molecule has 1 aromatic carbocycles. The van der Waals surface area contributed by atoms with Gasteiger partial charge in [0.1, 0.15) is 5.75 Å². The molecule has 6 heteroatoms. The first kappa shape index (κ1) is 13.4. The van der Waals surface area contributed by atoms with Crippen LogP contribution in [0.5, 0.6) is 5.75 Å². The van der Waals surface area contributed by atoms with Crippen molar-refractivity contribution in [3.63, 3.8) is 0 Å². The van der Waals surface area contributed by atoms with E-state index in [0.29, 0.717) is 17.0 Å². The summed E-state index contributed by atoms with van der Waals surface area (Å²) < 4.78 is 5.22. The molecule has 1 saturated heterocycles. The molecule has 1 fully saturated rings. The molecule has 2 amide bonds. The van der Waals surface area contributed by atoms with Gasteiger partial charge in [0.25, 0.3) is 0 Å². The SMILES string of the molecule is COc1cccc(N2CC(=O)NC(=O)C2)c1[C@@H](C)O. The van der Waals surface area contributed by atoms with Gasteiger partial charge in [0.2, 0.25) is 11.8 Å². The van der Waals surface area contributed by atoms with E-state index >= 15 is 0 Å². The number of ether oxygens (including phenoxy) is 1. The van der Waals surface area contributed by atoms with Gasteiger partial charge in [-0.05, 0) is 19.1 Å². The van der Waals surface area contributed by atoms with Crippen molar-refractivity contribution in [1.29, 1.82) is 0 Å². The van der Waals surface area contributed by atoms with E-state index in [2.05, 4.69) is 5.32 Å². The number of rotatable bonds is 3. The Morgan fingerprint density at radius 2 is 1.95 bits per heavy atom. The fourth-order valence-electron chi connectivity index (χ4n) is 2.21. The molecule has 1 aromatic rings. The zero-order chi connectivity index (χ0) is 14.0. The molecule has 6 nitrogen and oxygen atoms in total. The van der Waals surface area contributed by atoms with Gasteiger partial charge in [-0.2, -0.15) is 0 Å². The highest BCUT2D eigenvalue weighted by Gasteiger charge is 2.26. The maximum atomic E-state index is 11.4. The summed E-state index contributed by atoms with van der Waals surface area (Å²) in [4.78, 5) is 24.5. The molecule has 1 aliphatic heterocycles. The van der Waals surface area contributed by atoms with Crippen molar-refractivity contribution in [2.45, 2.75) is 13.0 Å². The van der Waals surface area contributed by atoms with Gasteiger partial charge in [0, 0.05) is 11.3 Å². The number of aliphatic hydroxyl groups excluding tert-OH is 1. The van der Waals surface area contributed by atoms with Gasteiger partial charge in [0.15, 0.2) is 0 Å². The number of amides is 2. The maximum absolute atomic E-state index is 11.4. The number of imide groups is 1. The van der Waals surface area contributed by atoms with Crippen LogP contribution in [0.1, 0.15) is 18.6 Å². The number of anilines is 1. The van der Waals surface area contributed by atoms with Gasteiger partial charge >= 0.3 is 0 Å². The lowest BCUT2D eigenvalue weighted by Gasteiger charge is -2.30. The average molecular weight is 264 g/mol. The van der Waals surface area contributed by atoms with E-state index in [1.807, 2.05) is 0 Å². The highest BCUT2D eigenvalue weighted by atomic mass is 16.5. The van der Waals surface area contributed by atoms with Crippen molar-refractivity contribution in [3.8, 4) is 5.75 Å². The number of hydrogen-bond acceptors (Lipinski definition) is 5. The largest absolute Gasteiger partial charge is 0.496 e. The lowest BCUT2D eigenvalue weighted by atomic mass is 10.0. The normalized spacial score (nSPS) is 17.1. The third-order valence-electron chi connectivity index (χ3n) is 2.97. The van der Waals surface area contributed by atoms with Crippen molar-refractivity contribution in [2.24, 2.45) is 0 Å². The summed E-state index contributed by atoms with van der Waals surface area (Å²) in [5, 5.41) is 12.1. The molecule has 0 saturated carbocycles. The van der Waals surface area contributed by atoms with Gasteiger partial charge < -0.3 is 14.7 Å². The van der Waals surface area contributed by atoms with Crippen LogP contribution in [0.3, 0.4) is 0 Å². The smallest absolute Gasteiger partial charge is 0.246 e. The van der Waals surface area contributed by atoms with Gasteiger partial charge in [-0.15, -0.1) is 0 Å². The Labute approximate surface area is 111 Å². The van der Waals surface area contributed by atoms with E-state index in [9.17, 15) is 14.7 Å². The Balaban J connectivity index is 2.43. The van der Waals surface area contributed by atoms with Crippen LogP contribution in [-0.4, -0.2) is 37.1 Å². The third kappa shape index (κ3) is 2.68. The molecular weight excluding hydrogens is 248 g/mol. The van der Waals surface area contributed by atoms with Crippen molar-refractivity contribution >= 4 is 17.5 Å². The van der Waals surface area contributed by atoms with Crippen molar-refractivity contribution in [2.75, 3.05) is 25.1 Å². The molecule has 1 atom stereocenters. The number of carbonyl (C=O) groups excluding carboxylic acids is 2. The molecule has 102 valence electrons. The van der Waals surface area contributed by atoms with Crippen molar-refractivity contribution in [3.05, 3.63) is 23.8 Å². The van der Waals surface area contributed by atoms with Crippen LogP contribution in [0, 0.1) is 0 Å². The first-order chi connectivity index (χ1) is 9.02. The van der Waals surface area contributed by atoms with E-state index in [1.54, 1.807) is 30.0 Å². The number of nitrogens with one attached hydrogen (secondary N) is 1. The second-order valence-corrected chi connectivity index (χ2v) is 4.40. The molecule has 0 radical (unpaired) electrons. The molecule has 0 bridgehead atoms. The molecule has 1 heterocycles. The summed E-state index contributed by atoms with van der Waals surface area (Å²) in [6.07, 6.45) is -0.758. The Hall–Kier alpha value is -2.08. The monoisotopic (exact) mass is 264 g/mol. The highest BCUT2D eigenvalue weighted by molar-refractivity contribution is 6.02. The number of nitrogens with zero attached hydrogens (tertiary/aromatic N) is 1. The van der Waals surface area contributed by atoms with Gasteiger partial charge in [-0.3, -0.25) is 14.9 Å². The predicted octanol–water partition coefficient (Wildman–Crippen LogP) is 0.211. The molecule has 0 spiro atoms. The molecule has 2 rings (SSSR count). The minimum Gasteiger partial charge on any atom is -0.496 e. The standard InChI is InChI=1S/C13H16N2O4/c1-8(16)13-9(4-3-5-10(13)19-2)15-6-11(17)14-12(18)7-15/h3-5,8,16H,6-7H2,1-2H3,(H,14,17,18)/t8-/m1/s1. The van der Waals surface area contributed by atoms with Crippen LogP contribution in [-0.2, 0) is 9.59 Å².